The third kappa shape index (κ3) is 4.56. The number of thiophene rings is 1. The van der Waals surface area contributed by atoms with Gasteiger partial charge in [0.05, 0.1) is 18.5 Å². The number of aryl methyl sites for hydroxylation is 2. The number of ether oxygens (including phenoxy) is 2. The molecule has 0 N–H and O–H groups in total. The van der Waals surface area contributed by atoms with Crippen LogP contribution in [0, 0.1) is 13.8 Å². The second kappa shape index (κ2) is 9.43. The molecule has 2 aromatic rings. The summed E-state index contributed by atoms with van der Waals surface area (Å²) in [5.74, 6) is 0.134. The molecule has 7 nitrogen and oxygen atoms in total. The molecule has 0 saturated heterocycles. The topological polar surface area (TPSA) is 73.7 Å². The van der Waals surface area contributed by atoms with Gasteiger partial charge < -0.3 is 9.47 Å². The van der Waals surface area contributed by atoms with E-state index in [9.17, 15) is 9.59 Å². The molecule has 1 atom stereocenters. The summed E-state index contributed by atoms with van der Waals surface area (Å²) in [6.45, 7) is 12.4. The fourth-order valence-corrected chi connectivity index (χ4v) is 4.00. The van der Waals surface area contributed by atoms with E-state index in [4.69, 9.17) is 14.5 Å². The molecule has 2 heterocycles. The molecule has 0 amide bonds. The summed E-state index contributed by atoms with van der Waals surface area (Å²) >= 11 is 1.52. The fourth-order valence-electron chi connectivity index (χ4n) is 2.96. The van der Waals surface area contributed by atoms with Gasteiger partial charge in [0.1, 0.15) is 23.3 Å². The third-order valence-corrected chi connectivity index (χ3v) is 5.93. The number of esters is 1. The molecule has 0 aromatic carbocycles. The van der Waals surface area contributed by atoms with E-state index in [1.54, 1.807) is 14.0 Å². The average Bonchev–Trinajstić information content (AvgIpc) is 2.93. The summed E-state index contributed by atoms with van der Waals surface area (Å²) in [5.41, 5.74) is 0.746. The Morgan fingerprint density at radius 1 is 1.26 bits per heavy atom. The van der Waals surface area contributed by atoms with Gasteiger partial charge in [0, 0.05) is 12.0 Å². The molecule has 1 unspecified atom stereocenters. The maximum atomic E-state index is 13.3. The normalized spacial score (nSPS) is 12.7. The van der Waals surface area contributed by atoms with Gasteiger partial charge in [-0.1, -0.05) is 13.8 Å². The van der Waals surface area contributed by atoms with Crippen LogP contribution in [-0.4, -0.2) is 53.8 Å². The van der Waals surface area contributed by atoms with Crippen LogP contribution in [0.5, 0.6) is 0 Å². The van der Waals surface area contributed by atoms with E-state index in [-0.39, 0.29) is 12.2 Å². The molecule has 2 aromatic heterocycles. The van der Waals surface area contributed by atoms with Gasteiger partial charge in [-0.15, -0.1) is 11.3 Å². The molecule has 150 valence electrons. The van der Waals surface area contributed by atoms with Gasteiger partial charge in [0.15, 0.2) is 0 Å². The second-order valence-electron chi connectivity index (χ2n) is 6.46. The molecule has 0 aliphatic heterocycles. The summed E-state index contributed by atoms with van der Waals surface area (Å²) in [6, 6.07) is -0.753. The maximum Gasteiger partial charge on any atom is 0.329 e. The van der Waals surface area contributed by atoms with Gasteiger partial charge in [-0.3, -0.25) is 14.3 Å². The number of aromatic nitrogens is 2. The second-order valence-corrected chi connectivity index (χ2v) is 7.67. The minimum Gasteiger partial charge on any atom is -0.462 e. The number of methoxy groups -OCH3 is 1. The predicted molar refractivity (Wildman–Crippen MR) is 108 cm³/mol. The summed E-state index contributed by atoms with van der Waals surface area (Å²) in [6.07, 6.45) is 0. The van der Waals surface area contributed by atoms with Gasteiger partial charge in [-0.2, -0.15) is 0 Å². The van der Waals surface area contributed by atoms with Crippen LogP contribution in [0.15, 0.2) is 4.79 Å². The van der Waals surface area contributed by atoms with E-state index in [1.807, 2.05) is 13.8 Å². The number of hydrogen-bond acceptors (Lipinski definition) is 7. The first kappa shape index (κ1) is 21.5. The first-order valence-corrected chi connectivity index (χ1v) is 10.1. The summed E-state index contributed by atoms with van der Waals surface area (Å²) in [4.78, 5) is 34.5. The first-order valence-electron chi connectivity index (χ1n) is 9.24. The van der Waals surface area contributed by atoms with Crippen LogP contribution in [-0.2, 0) is 20.8 Å². The maximum absolute atomic E-state index is 13.3. The molecule has 0 saturated carbocycles. The Hall–Kier alpha value is -1.77. The Morgan fingerprint density at radius 3 is 2.52 bits per heavy atom. The number of fused-ring (bicyclic) bond motifs is 1. The Kier molecular flexibility index (Phi) is 7.52. The molecule has 0 aliphatic rings. The zero-order valence-electron chi connectivity index (χ0n) is 17.0. The Balaban J connectivity index is 2.55. The van der Waals surface area contributed by atoms with Gasteiger partial charge in [0.2, 0.25) is 0 Å². The van der Waals surface area contributed by atoms with Crippen LogP contribution >= 0.6 is 11.3 Å². The Labute approximate surface area is 163 Å². The van der Waals surface area contributed by atoms with E-state index < -0.39 is 12.0 Å². The third-order valence-electron chi connectivity index (χ3n) is 4.83. The summed E-state index contributed by atoms with van der Waals surface area (Å²) in [5, 5.41) is 0.595. The van der Waals surface area contributed by atoms with Crippen LogP contribution in [0.1, 0.15) is 43.1 Å². The monoisotopic (exact) mass is 395 g/mol. The average molecular weight is 396 g/mol. The van der Waals surface area contributed by atoms with Crippen molar-refractivity contribution in [1.82, 2.24) is 14.5 Å². The lowest BCUT2D eigenvalue weighted by Gasteiger charge is -2.23. The minimum absolute atomic E-state index is 0.159. The molecule has 0 aliphatic carbocycles. The lowest BCUT2D eigenvalue weighted by atomic mass is 10.2. The van der Waals surface area contributed by atoms with Crippen LogP contribution < -0.4 is 5.56 Å². The van der Waals surface area contributed by atoms with Crippen molar-refractivity contribution in [1.29, 1.82) is 0 Å². The molecule has 0 radical (unpaired) electrons. The van der Waals surface area contributed by atoms with E-state index in [1.165, 1.54) is 15.9 Å². The van der Waals surface area contributed by atoms with E-state index in [2.05, 4.69) is 18.7 Å². The van der Waals surface area contributed by atoms with Crippen LogP contribution in [0.4, 0.5) is 0 Å². The van der Waals surface area contributed by atoms with Crippen molar-refractivity contribution in [2.24, 2.45) is 0 Å². The van der Waals surface area contributed by atoms with Crippen molar-refractivity contribution in [2.45, 2.75) is 47.2 Å². The summed E-state index contributed by atoms with van der Waals surface area (Å²) < 4.78 is 11.7. The highest BCUT2D eigenvalue weighted by Gasteiger charge is 2.25. The Morgan fingerprint density at radius 2 is 1.93 bits per heavy atom. The molecule has 27 heavy (non-hydrogen) atoms. The SMILES string of the molecule is CCN(CC)Cc1nc2sc(C)c(C)c2c(=O)n1C(C)C(=O)OCCOC. The highest BCUT2D eigenvalue weighted by atomic mass is 32.1. The molecule has 0 bridgehead atoms. The van der Waals surface area contributed by atoms with E-state index in [0.29, 0.717) is 24.4 Å². The van der Waals surface area contributed by atoms with E-state index in [0.717, 1.165) is 28.4 Å². The van der Waals surface area contributed by atoms with Crippen molar-refractivity contribution in [3.63, 3.8) is 0 Å². The highest BCUT2D eigenvalue weighted by molar-refractivity contribution is 7.18. The Bertz CT molecular complexity index is 855. The standard InChI is InChI=1S/C19H29N3O4S/c1-7-21(8-2)11-15-20-17-16(12(3)14(5)27-17)18(23)22(15)13(4)19(24)26-10-9-25-6/h13H,7-11H2,1-6H3. The molecule has 0 fully saturated rings. The number of carbonyl (C=O) groups is 1. The largest absolute Gasteiger partial charge is 0.462 e. The van der Waals surface area contributed by atoms with Gasteiger partial charge >= 0.3 is 5.97 Å². The molecule has 2 rings (SSSR count). The van der Waals surface area contributed by atoms with Gasteiger partial charge in [-0.05, 0) is 39.4 Å². The fraction of sp³-hybridized carbons (Fsp3) is 0.632. The van der Waals surface area contributed by atoms with Gasteiger partial charge in [-0.25, -0.2) is 9.78 Å². The molecule has 0 spiro atoms. The predicted octanol–water partition coefficient (Wildman–Crippen LogP) is 2.67. The highest BCUT2D eigenvalue weighted by Crippen LogP contribution is 2.27. The number of nitrogens with zero attached hydrogens (tertiary/aromatic N) is 3. The number of rotatable bonds is 9. The lowest BCUT2D eigenvalue weighted by molar-refractivity contribution is -0.148. The smallest absolute Gasteiger partial charge is 0.329 e. The van der Waals surface area contributed by atoms with Gasteiger partial charge in [0.25, 0.3) is 5.56 Å². The minimum atomic E-state index is -0.753. The zero-order valence-corrected chi connectivity index (χ0v) is 17.8. The van der Waals surface area contributed by atoms with Crippen LogP contribution in [0.25, 0.3) is 10.2 Å². The van der Waals surface area contributed by atoms with Crippen molar-refractivity contribution in [2.75, 3.05) is 33.4 Å². The molecular weight excluding hydrogens is 366 g/mol. The molecule has 8 heteroatoms. The van der Waals surface area contributed by atoms with Crippen molar-refractivity contribution in [3.05, 3.63) is 26.6 Å². The number of hydrogen-bond donors (Lipinski definition) is 0. The van der Waals surface area contributed by atoms with Crippen molar-refractivity contribution < 1.29 is 14.3 Å². The number of carbonyl (C=O) groups excluding carboxylic acids is 1. The van der Waals surface area contributed by atoms with Crippen LogP contribution in [0.2, 0.25) is 0 Å². The van der Waals surface area contributed by atoms with Crippen molar-refractivity contribution >= 4 is 27.5 Å². The van der Waals surface area contributed by atoms with E-state index >= 15 is 0 Å². The quantitative estimate of drug-likeness (QED) is 0.480. The molecular formula is C19H29N3O4S. The zero-order chi connectivity index (χ0) is 20.1. The summed E-state index contributed by atoms with van der Waals surface area (Å²) in [7, 11) is 1.55. The van der Waals surface area contributed by atoms with Crippen molar-refractivity contribution in [3.8, 4) is 0 Å². The lowest BCUT2D eigenvalue weighted by Crippen LogP contribution is -2.36. The van der Waals surface area contributed by atoms with Crippen LogP contribution in [0.3, 0.4) is 0 Å². The first-order chi connectivity index (χ1) is 12.8.